The van der Waals surface area contributed by atoms with E-state index in [0.717, 1.165) is 16.8 Å². The summed E-state index contributed by atoms with van der Waals surface area (Å²) in [5.41, 5.74) is 0. The highest BCUT2D eigenvalue weighted by atomic mass is 32.2. The number of hydrogen-bond donors (Lipinski definition) is 0. The standard InChI is InChI=1S/C19H19PS2/c1-3-4-11-16(2)22-19(21)20(17-12-7-5-8-13-17)18-14-9-6-10-15-18/h1,5-10,12-16H,4,11H2,2H3. The third-order valence-electron chi connectivity index (χ3n) is 3.21. The molecule has 0 nitrogen and oxygen atoms in total. The van der Waals surface area contributed by atoms with Crippen LogP contribution < -0.4 is 10.6 Å². The fourth-order valence-corrected chi connectivity index (χ4v) is 7.04. The molecule has 0 aliphatic heterocycles. The van der Waals surface area contributed by atoms with Gasteiger partial charge in [0.05, 0.1) is 3.94 Å². The summed E-state index contributed by atoms with van der Waals surface area (Å²) in [6, 6.07) is 21.2. The molecule has 0 amide bonds. The van der Waals surface area contributed by atoms with Gasteiger partial charge in [0.15, 0.2) is 0 Å². The first-order chi connectivity index (χ1) is 10.7. The first-order valence-corrected chi connectivity index (χ1v) is 9.89. The molecular weight excluding hydrogens is 323 g/mol. The molecule has 22 heavy (non-hydrogen) atoms. The Bertz CT molecular complexity index is 592. The lowest BCUT2D eigenvalue weighted by molar-refractivity contribution is 0.850. The topological polar surface area (TPSA) is 0 Å². The SMILES string of the molecule is C#CCCC(C)SC(=S)P(c1ccccc1)c1ccccc1. The molecular formula is C19H19PS2. The van der Waals surface area contributed by atoms with Crippen LogP contribution in [0.5, 0.6) is 0 Å². The summed E-state index contributed by atoms with van der Waals surface area (Å²) in [7, 11) is -0.617. The van der Waals surface area contributed by atoms with E-state index in [0.29, 0.717) is 5.25 Å². The second-order valence-electron chi connectivity index (χ2n) is 4.94. The van der Waals surface area contributed by atoms with E-state index in [-0.39, 0.29) is 0 Å². The third-order valence-corrected chi connectivity index (χ3v) is 7.74. The largest absolute Gasteiger partial charge is 0.120 e. The molecule has 0 aliphatic rings. The van der Waals surface area contributed by atoms with Crippen molar-refractivity contribution in [3.63, 3.8) is 0 Å². The zero-order valence-electron chi connectivity index (χ0n) is 12.6. The van der Waals surface area contributed by atoms with Crippen LogP contribution in [0.15, 0.2) is 60.7 Å². The second kappa shape index (κ2) is 9.11. The number of thioether (sulfide) groups is 1. The minimum atomic E-state index is -0.617. The van der Waals surface area contributed by atoms with Gasteiger partial charge in [-0.05, 0) is 17.0 Å². The third kappa shape index (κ3) is 4.96. The van der Waals surface area contributed by atoms with Gasteiger partial charge >= 0.3 is 0 Å². The molecule has 0 bridgehead atoms. The summed E-state index contributed by atoms with van der Waals surface area (Å²) >= 11 is 7.61. The minimum Gasteiger partial charge on any atom is -0.120 e. The lowest BCUT2D eigenvalue weighted by Crippen LogP contribution is -2.16. The van der Waals surface area contributed by atoms with Crippen LogP contribution >= 0.6 is 31.9 Å². The van der Waals surface area contributed by atoms with Crippen molar-refractivity contribution in [2.75, 3.05) is 0 Å². The van der Waals surface area contributed by atoms with Crippen molar-refractivity contribution in [2.24, 2.45) is 0 Å². The zero-order valence-corrected chi connectivity index (χ0v) is 15.1. The summed E-state index contributed by atoms with van der Waals surface area (Å²) in [6.07, 6.45) is 7.18. The van der Waals surface area contributed by atoms with Gasteiger partial charge in [0, 0.05) is 19.6 Å². The molecule has 0 saturated heterocycles. The Kier molecular flexibility index (Phi) is 7.13. The van der Waals surface area contributed by atoms with Gasteiger partial charge in [-0.3, -0.25) is 0 Å². The molecule has 3 heteroatoms. The maximum Gasteiger partial charge on any atom is 0.0800 e. The van der Waals surface area contributed by atoms with Crippen molar-refractivity contribution in [2.45, 2.75) is 25.0 Å². The molecule has 1 atom stereocenters. The second-order valence-corrected chi connectivity index (χ2v) is 9.81. The van der Waals surface area contributed by atoms with Gasteiger partial charge in [-0.2, -0.15) is 0 Å². The fraction of sp³-hybridized carbons (Fsp3) is 0.211. The van der Waals surface area contributed by atoms with E-state index in [1.54, 1.807) is 11.8 Å². The summed E-state index contributed by atoms with van der Waals surface area (Å²) < 4.78 is 1.08. The van der Waals surface area contributed by atoms with Crippen LogP contribution in [-0.2, 0) is 0 Å². The lowest BCUT2D eigenvalue weighted by Gasteiger charge is -2.21. The normalized spacial score (nSPS) is 11.9. The Hall–Kier alpha value is -1.13. The molecule has 0 aromatic heterocycles. The Balaban J connectivity index is 2.22. The molecule has 2 aromatic carbocycles. The monoisotopic (exact) mass is 342 g/mol. The quantitative estimate of drug-likeness (QED) is 0.414. The van der Waals surface area contributed by atoms with E-state index >= 15 is 0 Å². The van der Waals surface area contributed by atoms with Crippen LogP contribution in [0.25, 0.3) is 0 Å². The maximum atomic E-state index is 5.81. The van der Waals surface area contributed by atoms with Crippen LogP contribution in [-0.4, -0.2) is 9.19 Å². The Morgan fingerprint density at radius 1 is 1.09 bits per heavy atom. The highest BCUT2D eigenvalue weighted by molar-refractivity contribution is 8.38. The minimum absolute atomic E-state index is 0.459. The van der Waals surface area contributed by atoms with Crippen LogP contribution in [0, 0.1) is 12.3 Å². The highest BCUT2D eigenvalue weighted by Crippen LogP contribution is 2.42. The summed E-state index contributed by atoms with van der Waals surface area (Å²) in [6.45, 7) is 2.21. The highest BCUT2D eigenvalue weighted by Gasteiger charge is 2.20. The van der Waals surface area contributed by atoms with Crippen LogP contribution in [0.4, 0.5) is 0 Å². The van der Waals surface area contributed by atoms with E-state index in [1.165, 1.54) is 10.6 Å². The Labute approximate surface area is 144 Å². The van der Waals surface area contributed by atoms with Crippen molar-refractivity contribution >= 4 is 46.4 Å². The molecule has 0 fully saturated rings. The summed E-state index contributed by atoms with van der Waals surface area (Å²) in [5.74, 6) is 2.71. The van der Waals surface area contributed by atoms with Gasteiger partial charge in [0.1, 0.15) is 0 Å². The van der Waals surface area contributed by atoms with Crippen molar-refractivity contribution in [3.8, 4) is 12.3 Å². The van der Waals surface area contributed by atoms with Crippen molar-refractivity contribution in [1.29, 1.82) is 0 Å². The van der Waals surface area contributed by atoms with Crippen LogP contribution in [0.1, 0.15) is 19.8 Å². The molecule has 2 rings (SSSR count). The zero-order chi connectivity index (χ0) is 15.8. The fourth-order valence-electron chi connectivity index (χ4n) is 2.08. The number of rotatable bonds is 6. The predicted octanol–water partition coefficient (Wildman–Crippen LogP) is 4.94. The lowest BCUT2D eigenvalue weighted by atomic mass is 10.3. The number of terminal acetylenes is 1. The van der Waals surface area contributed by atoms with Crippen LogP contribution in [0.2, 0.25) is 0 Å². The van der Waals surface area contributed by atoms with Crippen molar-refractivity contribution in [3.05, 3.63) is 60.7 Å². The van der Waals surface area contributed by atoms with E-state index in [4.69, 9.17) is 18.6 Å². The van der Waals surface area contributed by atoms with Gasteiger partial charge < -0.3 is 0 Å². The molecule has 0 saturated carbocycles. The maximum absolute atomic E-state index is 5.81. The average molecular weight is 342 g/mol. The molecule has 0 radical (unpaired) electrons. The van der Waals surface area contributed by atoms with Crippen molar-refractivity contribution < 1.29 is 0 Å². The van der Waals surface area contributed by atoms with Gasteiger partial charge in [-0.15, -0.1) is 24.1 Å². The molecule has 0 aliphatic carbocycles. The smallest absolute Gasteiger partial charge is 0.0800 e. The van der Waals surface area contributed by atoms with Gasteiger partial charge in [-0.25, -0.2) is 0 Å². The Morgan fingerprint density at radius 2 is 1.59 bits per heavy atom. The van der Waals surface area contributed by atoms with Gasteiger partial charge in [-0.1, -0.05) is 79.8 Å². The molecule has 0 N–H and O–H groups in total. The molecule has 112 valence electrons. The number of benzene rings is 2. The first kappa shape index (κ1) is 17.2. The van der Waals surface area contributed by atoms with Crippen LogP contribution in [0.3, 0.4) is 0 Å². The average Bonchev–Trinajstić information content (AvgIpc) is 2.55. The number of hydrogen-bond acceptors (Lipinski definition) is 2. The molecule has 1 unspecified atom stereocenters. The first-order valence-electron chi connectivity index (χ1n) is 7.26. The molecule has 0 spiro atoms. The van der Waals surface area contributed by atoms with E-state index in [1.807, 2.05) is 12.1 Å². The number of thiocarbonyl (C=S) groups is 1. The van der Waals surface area contributed by atoms with Crippen molar-refractivity contribution in [1.82, 2.24) is 0 Å². The van der Waals surface area contributed by atoms with Gasteiger partial charge in [0.25, 0.3) is 0 Å². The molecule has 0 heterocycles. The summed E-state index contributed by atoms with van der Waals surface area (Å²) in [5, 5.41) is 3.08. The summed E-state index contributed by atoms with van der Waals surface area (Å²) in [4.78, 5) is 0. The van der Waals surface area contributed by atoms with E-state index in [2.05, 4.69) is 61.4 Å². The van der Waals surface area contributed by atoms with E-state index < -0.39 is 7.92 Å². The molecule has 2 aromatic rings. The predicted molar refractivity (Wildman–Crippen MR) is 107 cm³/mol. The Morgan fingerprint density at radius 3 is 2.05 bits per heavy atom. The van der Waals surface area contributed by atoms with Gasteiger partial charge in [0.2, 0.25) is 0 Å². The van der Waals surface area contributed by atoms with E-state index in [9.17, 15) is 0 Å².